The quantitative estimate of drug-likeness (QED) is 0.812. The number of phenols is 1. The van der Waals surface area contributed by atoms with Crippen LogP contribution in [0.3, 0.4) is 0 Å². The smallest absolute Gasteiger partial charge is 0.163 e. The van der Waals surface area contributed by atoms with Crippen molar-refractivity contribution in [3.63, 3.8) is 0 Å². The summed E-state index contributed by atoms with van der Waals surface area (Å²) in [7, 11) is 0. The van der Waals surface area contributed by atoms with Crippen molar-refractivity contribution in [1.82, 2.24) is 0 Å². The Labute approximate surface area is 140 Å². The zero-order valence-corrected chi connectivity index (χ0v) is 13.4. The fourth-order valence-electron chi connectivity index (χ4n) is 2.76. The Kier molecular flexibility index (Phi) is 4.68. The second-order valence-corrected chi connectivity index (χ2v) is 6.19. The lowest BCUT2D eigenvalue weighted by Crippen LogP contribution is -2.18. The largest absolute Gasteiger partial charge is 0.508 e. The summed E-state index contributed by atoms with van der Waals surface area (Å²) in [4.78, 5) is 12.5. The van der Waals surface area contributed by atoms with E-state index < -0.39 is 0 Å². The summed E-state index contributed by atoms with van der Waals surface area (Å²) in [5.41, 5.74) is 2.77. The topological polar surface area (TPSA) is 49.3 Å². The predicted molar refractivity (Wildman–Crippen MR) is 93.8 cm³/mol. The Hall–Kier alpha value is -2.26. The van der Waals surface area contributed by atoms with E-state index in [-0.39, 0.29) is 17.5 Å². The molecular weight excluding hydrogens is 310 g/mol. The van der Waals surface area contributed by atoms with Crippen LogP contribution in [0.4, 0.5) is 5.69 Å². The van der Waals surface area contributed by atoms with Crippen LogP contribution >= 0.6 is 11.6 Å². The Bertz CT molecular complexity index is 720. The number of halogens is 1. The van der Waals surface area contributed by atoms with Crippen molar-refractivity contribution in [3.8, 4) is 5.75 Å². The van der Waals surface area contributed by atoms with E-state index in [4.69, 9.17) is 11.6 Å². The number of ketones is 1. The van der Waals surface area contributed by atoms with E-state index in [0.29, 0.717) is 11.6 Å². The maximum Gasteiger partial charge on any atom is 0.163 e. The summed E-state index contributed by atoms with van der Waals surface area (Å²) in [6.45, 7) is 0.632. The van der Waals surface area contributed by atoms with Gasteiger partial charge in [0.25, 0.3) is 0 Å². The van der Waals surface area contributed by atoms with Gasteiger partial charge in [-0.05, 0) is 66.5 Å². The first-order chi connectivity index (χ1) is 11.1. The molecule has 2 aromatic carbocycles. The molecule has 0 unspecified atom stereocenters. The van der Waals surface area contributed by atoms with Gasteiger partial charge in [-0.3, -0.25) is 4.79 Å². The molecule has 0 aromatic heterocycles. The van der Waals surface area contributed by atoms with Crippen molar-refractivity contribution in [2.24, 2.45) is 5.92 Å². The van der Waals surface area contributed by atoms with Crippen LogP contribution in [-0.2, 0) is 4.79 Å². The number of Topliss-reactive ketones (excluding diaryl/α,β-unsaturated/α-hetero) is 1. The highest BCUT2D eigenvalue weighted by atomic mass is 35.5. The Balaban J connectivity index is 1.62. The molecule has 2 N–H and O–H groups in total. The standard InChI is InChI=1S/C19H18ClNO2/c20-16-5-7-17(8-6-16)21-12-15-4-3-14(19(15)23)11-13-1-9-18(22)10-2-13/h1-2,5-11,15,21-22H,3-4,12H2/b14-11-/t15-/m1/s1. The number of rotatable bonds is 4. The molecule has 3 nitrogen and oxygen atoms in total. The van der Waals surface area contributed by atoms with Crippen LogP contribution in [0.1, 0.15) is 18.4 Å². The number of carbonyl (C=O) groups excluding carboxylic acids is 1. The van der Waals surface area contributed by atoms with Gasteiger partial charge in [-0.2, -0.15) is 0 Å². The lowest BCUT2D eigenvalue weighted by molar-refractivity contribution is -0.117. The van der Waals surface area contributed by atoms with Gasteiger partial charge in [0.1, 0.15) is 5.75 Å². The number of hydrogen-bond acceptors (Lipinski definition) is 3. The summed E-state index contributed by atoms with van der Waals surface area (Å²) < 4.78 is 0. The Morgan fingerprint density at radius 2 is 1.83 bits per heavy atom. The molecule has 0 bridgehead atoms. The summed E-state index contributed by atoms with van der Waals surface area (Å²) in [6, 6.07) is 14.4. The number of phenolic OH excluding ortho intramolecular Hbond substituents is 1. The summed E-state index contributed by atoms with van der Waals surface area (Å²) in [6.07, 6.45) is 3.58. The third-order valence-corrected chi connectivity index (χ3v) is 4.33. The lowest BCUT2D eigenvalue weighted by atomic mass is 10.0. The SMILES string of the molecule is O=C1/C(=C\c2ccc(O)cc2)CC[C@@H]1CNc1ccc(Cl)cc1. The molecule has 1 fully saturated rings. The van der Waals surface area contributed by atoms with Crippen LogP contribution in [-0.4, -0.2) is 17.4 Å². The van der Waals surface area contributed by atoms with Gasteiger partial charge in [-0.1, -0.05) is 23.7 Å². The van der Waals surface area contributed by atoms with Gasteiger partial charge in [0.05, 0.1) is 0 Å². The van der Waals surface area contributed by atoms with Crippen LogP contribution in [0.15, 0.2) is 54.1 Å². The van der Waals surface area contributed by atoms with E-state index in [1.165, 1.54) is 0 Å². The maximum atomic E-state index is 12.5. The third-order valence-electron chi connectivity index (χ3n) is 4.08. The number of anilines is 1. The average Bonchev–Trinajstić information content (AvgIpc) is 2.90. The molecule has 4 heteroatoms. The first-order valence-electron chi connectivity index (χ1n) is 7.65. The van der Waals surface area contributed by atoms with E-state index in [9.17, 15) is 9.90 Å². The minimum atomic E-state index is 0.00837. The first kappa shape index (κ1) is 15.6. The fourth-order valence-corrected chi connectivity index (χ4v) is 2.89. The molecule has 0 amide bonds. The molecule has 1 aliphatic rings. The second-order valence-electron chi connectivity index (χ2n) is 5.75. The number of allylic oxidation sites excluding steroid dienone is 1. The van der Waals surface area contributed by atoms with Crippen LogP contribution < -0.4 is 5.32 Å². The molecule has 0 radical (unpaired) electrons. The van der Waals surface area contributed by atoms with Gasteiger partial charge in [0.15, 0.2) is 5.78 Å². The van der Waals surface area contributed by atoms with Crippen LogP contribution in [0, 0.1) is 5.92 Å². The van der Waals surface area contributed by atoms with Crippen molar-refractivity contribution >= 4 is 29.1 Å². The minimum Gasteiger partial charge on any atom is -0.508 e. The number of nitrogens with one attached hydrogen (secondary N) is 1. The molecule has 1 atom stereocenters. The first-order valence-corrected chi connectivity index (χ1v) is 8.03. The van der Waals surface area contributed by atoms with Gasteiger partial charge in [-0.15, -0.1) is 0 Å². The van der Waals surface area contributed by atoms with Gasteiger partial charge in [0.2, 0.25) is 0 Å². The normalized spacial score (nSPS) is 19.3. The zero-order chi connectivity index (χ0) is 16.2. The van der Waals surface area contributed by atoms with E-state index in [1.807, 2.05) is 42.5 Å². The van der Waals surface area contributed by atoms with Crippen LogP contribution in [0.5, 0.6) is 5.75 Å². The number of benzene rings is 2. The van der Waals surface area contributed by atoms with Gasteiger partial charge >= 0.3 is 0 Å². The molecule has 3 rings (SSSR count). The minimum absolute atomic E-state index is 0.00837. The van der Waals surface area contributed by atoms with Crippen molar-refractivity contribution in [1.29, 1.82) is 0 Å². The number of aromatic hydroxyl groups is 1. The Morgan fingerprint density at radius 3 is 2.52 bits per heavy atom. The highest BCUT2D eigenvalue weighted by molar-refractivity contribution is 6.30. The van der Waals surface area contributed by atoms with E-state index >= 15 is 0 Å². The zero-order valence-electron chi connectivity index (χ0n) is 12.6. The maximum absolute atomic E-state index is 12.5. The van der Waals surface area contributed by atoms with Gasteiger partial charge < -0.3 is 10.4 Å². The molecule has 0 saturated heterocycles. The molecule has 23 heavy (non-hydrogen) atoms. The molecule has 2 aromatic rings. The summed E-state index contributed by atoms with van der Waals surface area (Å²) in [5, 5.41) is 13.3. The fraction of sp³-hybridized carbons (Fsp3) is 0.211. The molecule has 0 heterocycles. The van der Waals surface area contributed by atoms with E-state index in [1.54, 1.807) is 12.1 Å². The van der Waals surface area contributed by atoms with Crippen molar-refractivity contribution in [2.75, 3.05) is 11.9 Å². The van der Waals surface area contributed by atoms with Crippen LogP contribution in [0.25, 0.3) is 6.08 Å². The molecule has 118 valence electrons. The molecular formula is C19H18ClNO2. The van der Waals surface area contributed by atoms with Crippen molar-refractivity contribution < 1.29 is 9.90 Å². The number of hydrogen-bond donors (Lipinski definition) is 2. The molecule has 0 aliphatic heterocycles. The second kappa shape index (κ2) is 6.88. The van der Waals surface area contributed by atoms with Gasteiger partial charge in [0, 0.05) is 23.2 Å². The third kappa shape index (κ3) is 3.93. The van der Waals surface area contributed by atoms with Crippen molar-refractivity contribution in [3.05, 3.63) is 64.7 Å². The lowest BCUT2D eigenvalue weighted by Gasteiger charge is -2.10. The monoisotopic (exact) mass is 327 g/mol. The highest BCUT2D eigenvalue weighted by Gasteiger charge is 2.28. The molecule has 1 saturated carbocycles. The van der Waals surface area contributed by atoms with Gasteiger partial charge in [-0.25, -0.2) is 0 Å². The van der Waals surface area contributed by atoms with Crippen molar-refractivity contribution in [2.45, 2.75) is 12.8 Å². The van der Waals surface area contributed by atoms with E-state index in [2.05, 4.69) is 5.32 Å². The van der Waals surface area contributed by atoms with E-state index in [0.717, 1.165) is 29.7 Å². The number of carbonyl (C=O) groups is 1. The average molecular weight is 328 g/mol. The molecule has 1 aliphatic carbocycles. The highest BCUT2D eigenvalue weighted by Crippen LogP contribution is 2.29. The summed E-state index contributed by atoms with van der Waals surface area (Å²) in [5.74, 6) is 0.448. The predicted octanol–water partition coefficient (Wildman–Crippen LogP) is 4.52. The van der Waals surface area contributed by atoms with Crippen LogP contribution in [0.2, 0.25) is 5.02 Å². The Morgan fingerprint density at radius 1 is 1.13 bits per heavy atom. The summed E-state index contributed by atoms with van der Waals surface area (Å²) >= 11 is 5.86. The molecule has 0 spiro atoms.